The molecular formula is C24H25N3O4. The lowest BCUT2D eigenvalue weighted by Gasteiger charge is -2.31. The SMILES string of the molecule is O=C(Cn1cnc2ccccc2c1=O)NCC1(c2ccc3c(c2)OCCO3)CCCC1. The number of carbonyl (C=O) groups is 1. The Morgan fingerprint density at radius 2 is 1.84 bits per heavy atom. The summed E-state index contributed by atoms with van der Waals surface area (Å²) in [6.07, 6.45) is 5.70. The van der Waals surface area contributed by atoms with Gasteiger partial charge >= 0.3 is 0 Å². The lowest BCUT2D eigenvalue weighted by atomic mass is 9.78. The molecule has 1 fully saturated rings. The number of carbonyl (C=O) groups excluding carboxylic acids is 1. The van der Waals surface area contributed by atoms with E-state index in [9.17, 15) is 9.59 Å². The van der Waals surface area contributed by atoms with Gasteiger partial charge in [-0.15, -0.1) is 0 Å². The van der Waals surface area contributed by atoms with Gasteiger partial charge in [0.1, 0.15) is 19.8 Å². The molecule has 5 rings (SSSR count). The molecule has 0 unspecified atom stereocenters. The van der Waals surface area contributed by atoms with E-state index in [0.717, 1.165) is 37.2 Å². The number of nitrogens with one attached hydrogen (secondary N) is 1. The van der Waals surface area contributed by atoms with Crippen molar-refractivity contribution >= 4 is 16.8 Å². The zero-order valence-electron chi connectivity index (χ0n) is 17.3. The van der Waals surface area contributed by atoms with Crippen molar-refractivity contribution in [1.82, 2.24) is 14.9 Å². The van der Waals surface area contributed by atoms with Crippen LogP contribution in [0.2, 0.25) is 0 Å². The summed E-state index contributed by atoms with van der Waals surface area (Å²) in [7, 11) is 0. The van der Waals surface area contributed by atoms with Gasteiger partial charge in [0.05, 0.1) is 17.2 Å². The molecule has 3 aromatic rings. The summed E-state index contributed by atoms with van der Waals surface area (Å²) in [6.45, 7) is 1.60. The predicted octanol–water partition coefficient (Wildman–Crippen LogP) is 2.80. The number of ether oxygens (including phenoxy) is 2. The third-order valence-corrected chi connectivity index (χ3v) is 6.38. The number of hydrogen-bond acceptors (Lipinski definition) is 5. The number of para-hydroxylation sites is 1. The summed E-state index contributed by atoms with van der Waals surface area (Å²) in [6, 6.07) is 13.3. The van der Waals surface area contributed by atoms with Crippen molar-refractivity contribution < 1.29 is 14.3 Å². The normalized spacial score (nSPS) is 16.9. The van der Waals surface area contributed by atoms with Crippen LogP contribution in [0.5, 0.6) is 11.5 Å². The largest absolute Gasteiger partial charge is 0.486 e. The van der Waals surface area contributed by atoms with Crippen molar-refractivity contribution in [3.8, 4) is 11.5 Å². The minimum Gasteiger partial charge on any atom is -0.486 e. The van der Waals surface area contributed by atoms with Crippen LogP contribution in [-0.4, -0.2) is 35.2 Å². The second kappa shape index (κ2) is 8.06. The van der Waals surface area contributed by atoms with Gasteiger partial charge in [0.15, 0.2) is 11.5 Å². The zero-order valence-corrected chi connectivity index (χ0v) is 17.3. The van der Waals surface area contributed by atoms with E-state index in [1.807, 2.05) is 12.1 Å². The Labute approximate surface area is 180 Å². The number of aromatic nitrogens is 2. The van der Waals surface area contributed by atoms with Crippen molar-refractivity contribution in [2.24, 2.45) is 0 Å². The first-order chi connectivity index (χ1) is 15.1. The fourth-order valence-corrected chi connectivity index (χ4v) is 4.69. The Kier molecular flexibility index (Phi) is 5.10. The predicted molar refractivity (Wildman–Crippen MR) is 117 cm³/mol. The molecule has 0 radical (unpaired) electrons. The van der Waals surface area contributed by atoms with E-state index in [0.29, 0.717) is 30.7 Å². The highest BCUT2D eigenvalue weighted by Gasteiger charge is 2.36. The van der Waals surface area contributed by atoms with E-state index in [-0.39, 0.29) is 23.4 Å². The Balaban J connectivity index is 1.32. The van der Waals surface area contributed by atoms with Crippen LogP contribution in [0, 0.1) is 0 Å². The van der Waals surface area contributed by atoms with Gasteiger partial charge < -0.3 is 14.8 Å². The minimum absolute atomic E-state index is 0.0477. The number of benzene rings is 2. The number of fused-ring (bicyclic) bond motifs is 2. The molecule has 0 atom stereocenters. The molecule has 0 bridgehead atoms. The second-order valence-corrected chi connectivity index (χ2v) is 8.32. The minimum atomic E-state index is -0.205. The Morgan fingerprint density at radius 3 is 2.68 bits per heavy atom. The molecule has 7 nitrogen and oxygen atoms in total. The number of rotatable bonds is 5. The van der Waals surface area contributed by atoms with E-state index in [4.69, 9.17) is 9.47 Å². The molecule has 1 aliphatic heterocycles. The molecule has 31 heavy (non-hydrogen) atoms. The highest BCUT2D eigenvalue weighted by molar-refractivity contribution is 5.79. The molecule has 2 aromatic carbocycles. The molecule has 7 heteroatoms. The topological polar surface area (TPSA) is 82.5 Å². The Bertz CT molecular complexity index is 1180. The summed E-state index contributed by atoms with van der Waals surface area (Å²) in [5.74, 6) is 1.36. The van der Waals surface area contributed by atoms with Crippen LogP contribution in [0.4, 0.5) is 0 Å². The number of amides is 1. The molecule has 0 saturated heterocycles. The van der Waals surface area contributed by atoms with Gasteiger partial charge in [-0.25, -0.2) is 4.98 Å². The van der Waals surface area contributed by atoms with Gasteiger partial charge in [0, 0.05) is 12.0 Å². The molecule has 1 amide bonds. The van der Waals surface area contributed by atoms with E-state index < -0.39 is 0 Å². The van der Waals surface area contributed by atoms with Crippen LogP contribution >= 0.6 is 0 Å². The van der Waals surface area contributed by atoms with Crippen LogP contribution in [0.25, 0.3) is 10.9 Å². The first-order valence-electron chi connectivity index (χ1n) is 10.8. The fraction of sp³-hybridized carbons (Fsp3) is 0.375. The fourth-order valence-electron chi connectivity index (χ4n) is 4.69. The standard InChI is InChI=1S/C24H25N3O4/c28-22(14-27-16-26-19-6-2-1-5-18(19)23(27)29)25-15-24(9-3-4-10-24)17-7-8-20-21(13-17)31-12-11-30-20/h1-2,5-8,13,16H,3-4,9-12,14-15H2,(H,25,28). The molecule has 1 N–H and O–H groups in total. The summed E-state index contributed by atoms with van der Waals surface area (Å²) in [5.41, 5.74) is 1.47. The van der Waals surface area contributed by atoms with Crippen LogP contribution in [-0.2, 0) is 16.8 Å². The van der Waals surface area contributed by atoms with Gasteiger partial charge in [-0.05, 0) is 42.7 Å². The van der Waals surface area contributed by atoms with E-state index in [2.05, 4.69) is 22.4 Å². The van der Waals surface area contributed by atoms with Gasteiger partial charge in [-0.2, -0.15) is 0 Å². The van der Waals surface area contributed by atoms with Crippen LogP contribution in [0.1, 0.15) is 31.2 Å². The van der Waals surface area contributed by atoms with Gasteiger partial charge in [0.2, 0.25) is 5.91 Å². The number of nitrogens with zero attached hydrogens (tertiary/aromatic N) is 2. The van der Waals surface area contributed by atoms with Gasteiger partial charge in [-0.3, -0.25) is 14.2 Å². The summed E-state index contributed by atoms with van der Waals surface area (Å²) < 4.78 is 12.8. The highest BCUT2D eigenvalue weighted by atomic mass is 16.6. The van der Waals surface area contributed by atoms with Gasteiger partial charge in [-0.1, -0.05) is 31.0 Å². The molecule has 160 valence electrons. The highest BCUT2D eigenvalue weighted by Crippen LogP contribution is 2.43. The maximum atomic E-state index is 12.7. The molecule has 1 aromatic heterocycles. The van der Waals surface area contributed by atoms with E-state index >= 15 is 0 Å². The lowest BCUT2D eigenvalue weighted by molar-refractivity contribution is -0.122. The first-order valence-corrected chi connectivity index (χ1v) is 10.8. The molecule has 2 aliphatic rings. The first kappa shape index (κ1) is 19.6. The summed E-state index contributed by atoms with van der Waals surface area (Å²) in [5, 5.41) is 3.58. The van der Waals surface area contributed by atoms with Crippen LogP contribution < -0.4 is 20.3 Å². The lowest BCUT2D eigenvalue weighted by Crippen LogP contribution is -2.41. The summed E-state index contributed by atoms with van der Waals surface area (Å²) in [4.78, 5) is 29.7. The smallest absolute Gasteiger partial charge is 0.261 e. The maximum absolute atomic E-state index is 12.7. The van der Waals surface area contributed by atoms with Crippen LogP contribution in [0.3, 0.4) is 0 Å². The van der Waals surface area contributed by atoms with Crippen molar-refractivity contribution in [2.45, 2.75) is 37.6 Å². The van der Waals surface area contributed by atoms with Crippen molar-refractivity contribution in [3.63, 3.8) is 0 Å². The second-order valence-electron chi connectivity index (χ2n) is 8.32. The molecule has 1 saturated carbocycles. The average Bonchev–Trinajstić information content (AvgIpc) is 3.30. The molecular weight excluding hydrogens is 394 g/mol. The average molecular weight is 419 g/mol. The third kappa shape index (κ3) is 3.76. The molecule has 0 spiro atoms. The van der Waals surface area contributed by atoms with Crippen LogP contribution in [0.15, 0.2) is 53.6 Å². The quantitative estimate of drug-likeness (QED) is 0.688. The Hall–Kier alpha value is -3.35. The number of hydrogen-bond donors (Lipinski definition) is 1. The van der Waals surface area contributed by atoms with Crippen molar-refractivity contribution in [2.75, 3.05) is 19.8 Å². The molecule has 2 heterocycles. The third-order valence-electron chi connectivity index (χ3n) is 6.38. The monoisotopic (exact) mass is 419 g/mol. The maximum Gasteiger partial charge on any atom is 0.261 e. The van der Waals surface area contributed by atoms with E-state index in [1.165, 1.54) is 16.5 Å². The molecule has 1 aliphatic carbocycles. The van der Waals surface area contributed by atoms with Crippen molar-refractivity contribution in [1.29, 1.82) is 0 Å². The zero-order chi connectivity index (χ0) is 21.3. The van der Waals surface area contributed by atoms with E-state index in [1.54, 1.807) is 18.2 Å². The van der Waals surface area contributed by atoms with Gasteiger partial charge in [0.25, 0.3) is 5.56 Å². The summed E-state index contributed by atoms with van der Waals surface area (Å²) >= 11 is 0. The van der Waals surface area contributed by atoms with Crippen molar-refractivity contribution in [3.05, 3.63) is 64.7 Å². The Morgan fingerprint density at radius 1 is 1.06 bits per heavy atom.